The number of aromatic carboxylic acids is 1. The molecule has 0 aliphatic rings. The summed E-state index contributed by atoms with van der Waals surface area (Å²) < 4.78 is 21.7. The molecule has 0 bridgehead atoms. The van der Waals surface area contributed by atoms with Crippen molar-refractivity contribution in [2.24, 2.45) is 0 Å². The summed E-state index contributed by atoms with van der Waals surface area (Å²) in [5.74, 6) is -0.00556. The van der Waals surface area contributed by atoms with Gasteiger partial charge in [0.05, 0.1) is 25.7 Å². The summed E-state index contributed by atoms with van der Waals surface area (Å²) in [6.07, 6.45) is 2.62. The van der Waals surface area contributed by atoms with E-state index in [1.807, 2.05) is 24.3 Å². The van der Waals surface area contributed by atoms with Crippen LogP contribution < -0.4 is 54.3 Å². The van der Waals surface area contributed by atoms with Gasteiger partial charge in [-0.3, -0.25) is 4.79 Å². The average molecular weight is 420 g/mol. The predicted molar refractivity (Wildman–Crippen MR) is 105 cm³/mol. The molecule has 0 fully saturated rings. The third-order valence-corrected chi connectivity index (χ3v) is 4.27. The number of ether oxygens (including phenoxy) is 3. The zero-order valence-corrected chi connectivity index (χ0v) is 19.0. The molecule has 0 spiro atoms. The Bertz CT molecular complexity index is 1050. The molecule has 0 atom stereocenters. The minimum Gasteiger partial charge on any atom is -0.542 e. The van der Waals surface area contributed by atoms with Gasteiger partial charge in [-0.25, -0.2) is 0 Å². The van der Waals surface area contributed by atoms with Crippen LogP contribution in [0.25, 0.3) is 11.0 Å². The molecule has 3 rings (SSSR count). The van der Waals surface area contributed by atoms with Crippen molar-refractivity contribution in [1.29, 1.82) is 0 Å². The van der Waals surface area contributed by atoms with Crippen LogP contribution in [0.3, 0.4) is 0 Å². The third kappa shape index (κ3) is 6.52. The van der Waals surface area contributed by atoms with Crippen LogP contribution in [0.15, 0.2) is 57.7 Å². The van der Waals surface area contributed by atoms with Crippen LogP contribution in [0.2, 0.25) is 0 Å². The summed E-state index contributed by atoms with van der Waals surface area (Å²) >= 11 is 0. The van der Waals surface area contributed by atoms with Crippen LogP contribution in [-0.4, -0.2) is 26.3 Å². The predicted octanol–water partition coefficient (Wildman–Crippen LogP) is -0.203. The summed E-state index contributed by atoms with van der Waals surface area (Å²) in [6, 6.07) is 13.1. The van der Waals surface area contributed by atoms with Crippen LogP contribution >= 0.6 is 0 Å². The Balaban J connectivity index is 0.00000320. The van der Waals surface area contributed by atoms with Gasteiger partial charge in [-0.05, 0) is 43.5 Å². The van der Waals surface area contributed by atoms with Gasteiger partial charge >= 0.3 is 29.6 Å². The molecule has 0 N–H and O–H groups in total. The topological polar surface area (TPSA) is 98.0 Å². The molecule has 1 aromatic heterocycles. The molecule has 7 nitrogen and oxygen atoms in total. The van der Waals surface area contributed by atoms with Crippen molar-refractivity contribution in [3.8, 4) is 17.2 Å². The van der Waals surface area contributed by atoms with E-state index in [4.69, 9.17) is 18.6 Å². The second-order valence-electron chi connectivity index (χ2n) is 6.36. The van der Waals surface area contributed by atoms with E-state index in [9.17, 15) is 14.7 Å². The Kier molecular flexibility index (Phi) is 9.23. The molecule has 152 valence electrons. The maximum absolute atomic E-state index is 11.9. The van der Waals surface area contributed by atoms with Crippen LogP contribution in [0.5, 0.6) is 17.2 Å². The van der Waals surface area contributed by atoms with Crippen molar-refractivity contribution in [2.45, 2.75) is 19.3 Å². The van der Waals surface area contributed by atoms with Gasteiger partial charge in [-0.1, -0.05) is 6.07 Å². The fourth-order valence-corrected chi connectivity index (χ4v) is 2.78. The van der Waals surface area contributed by atoms with Gasteiger partial charge in [-0.15, -0.1) is 0 Å². The van der Waals surface area contributed by atoms with E-state index >= 15 is 0 Å². The van der Waals surface area contributed by atoms with Gasteiger partial charge in [0, 0.05) is 18.2 Å². The van der Waals surface area contributed by atoms with Gasteiger partial charge in [0.25, 0.3) is 0 Å². The van der Waals surface area contributed by atoms with Gasteiger partial charge in [0.2, 0.25) is 0 Å². The van der Waals surface area contributed by atoms with E-state index in [1.165, 1.54) is 6.07 Å². The summed E-state index contributed by atoms with van der Waals surface area (Å²) in [5, 5.41) is 11.2. The first-order valence-electron chi connectivity index (χ1n) is 9.26. The molecular weight excluding hydrogens is 399 g/mol. The molecule has 8 heteroatoms. The third-order valence-electron chi connectivity index (χ3n) is 4.27. The summed E-state index contributed by atoms with van der Waals surface area (Å²) in [4.78, 5) is 22.8. The van der Waals surface area contributed by atoms with Gasteiger partial charge in [-0.2, -0.15) is 0 Å². The van der Waals surface area contributed by atoms with E-state index < -0.39 is 17.2 Å². The number of carboxylic acids is 1. The minimum absolute atomic E-state index is 0. The van der Waals surface area contributed by atoms with Crippen LogP contribution in [0.4, 0.5) is 0 Å². The van der Waals surface area contributed by atoms with E-state index in [1.54, 1.807) is 19.2 Å². The Morgan fingerprint density at radius 1 is 0.933 bits per heavy atom. The number of hydrogen-bond acceptors (Lipinski definition) is 7. The molecule has 0 unspecified atom stereocenters. The molecule has 2 aromatic carbocycles. The second kappa shape index (κ2) is 11.6. The largest absolute Gasteiger partial charge is 1.00 e. The van der Waals surface area contributed by atoms with E-state index in [0.717, 1.165) is 36.8 Å². The fourth-order valence-electron chi connectivity index (χ4n) is 2.78. The van der Waals surface area contributed by atoms with E-state index in [-0.39, 0.29) is 40.5 Å². The average Bonchev–Trinajstić information content (AvgIpc) is 2.72. The Labute approximate surface area is 195 Å². The second-order valence-corrected chi connectivity index (χ2v) is 6.36. The van der Waals surface area contributed by atoms with Crippen LogP contribution in [-0.2, 0) is 0 Å². The molecule has 0 radical (unpaired) electrons. The number of rotatable bonds is 10. The number of fused-ring (bicyclic) bond motifs is 1. The molecule has 1 heterocycles. The monoisotopic (exact) mass is 420 g/mol. The number of hydrogen-bond donors (Lipinski definition) is 0. The fraction of sp³-hybridized carbons (Fsp3) is 0.273. The molecule has 3 aromatic rings. The van der Waals surface area contributed by atoms with Crippen molar-refractivity contribution in [1.82, 2.24) is 0 Å². The molecule has 0 amide bonds. The van der Waals surface area contributed by atoms with Crippen molar-refractivity contribution in [3.05, 3.63) is 64.5 Å². The molecule has 0 saturated heterocycles. The molecule has 0 saturated carbocycles. The van der Waals surface area contributed by atoms with E-state index in [2.05, 4.69) is 0 Å². The number of benzene rings is 2. The van der Waals surface area contributed by atoms with E-state index in [0.29, 0.717) is 19.0 Å². The number of carbonyl (C=O) groups is 1. The van der Waals surface area contributed by atoms with Crippen LogP contribution in [0.1, 0.15) is 29.8 Å². The minimum atomic E-state index is -1.54. The first-order chi connectivity index (χ1) is 14.1. The number of carboxylic acid groups (broad SMARTS) is 1. The standard InChI is InChI=1S/C22H22O7.Na/c1-26-15-6-5-7-16(12-15)27-10-3-2-4-11-28-17-8-9-18-19(23)14-21(22(24)25)29-20(18)13-17;/h5-9,12-14H,2-4,10-11H2,1H3,(H,24,25);/q;+1/p-1. The smallest absolute Gasteiger partial charge is 0.542 e. The SMILES string of the molecule is COc1cccc(OCCCCCOc2ccc3c(=O)cc(C(=O)[O-])oc3c2)c1.[Na+]. The van der Waals surface area contributed by atoms with Crippen molar-refractivity contribution < 1.29 is 58.1 Å². The molecule has 0 aliphatic heterocycles. The normalized spacial score (nSPS) is 10.3. The maximum Gasteiger partial charge on any atom is 1.00 e. The Morgan fingerprint density at radius 3 is 2.27 bits per heavy atom. The zero-order chi connectivity index (χ0) is 20.6. The van der Waals surface area contributed by atoms with Crippen molar-refractivity contribution >= 4 is 16.9 Å². The first kappa shape index (κ1) is 23.8. The molecular formula is C22H21NaO7. The summed E-state index contributed by atoms with van der Waals surface area (Å²) in [6.45, 7) is 1.08. The number of carbonyl (C=O) groups excluding carboxylic acids is 1. The van der Waals surface area contributed by atoms with Crippen LogP contribution in [0, 0.1) is 0 Å². The number of methoxy groups -OCH3 is 1. The van der Waals surface area contributed by atoms with Crippen molar-refractivity contribution in [2.75, 3.05) is 20.3 Å². The van der Waals surface area contributed by atoms with Gasteiger partial charge in [0.15, 0.2) is 11.2 Å². The number of unbranched alkanes of at least 4 members (excludes halogenated alkanes) is 2. The Morgan fingerprint density at radius 2 is 1.60 bits per heavy atom. The molecule has 30 heavy (non-hydrogen) atoms. The maximum atomic E-state index is 11.9. The van der Waals surface area contributed by atoms with Crippen molar-refractivity contribution in [3.63, 3.8) is 0 Å². The van der Waals surface area contributed by atoms with Gasteiger partial charge < -0.3 is 28.5 Å². The first-order valence-corrected chi connectivity index (χ1v) is 9.26. The Hall–Kier alpha value is -2.48. The van der Waals surface area contributed by atoms with Gasteiger partial charge in [0.1, 0.15) is 28.8 Å². The summed E-state index contributed by atoms with van der Waals surface area (Å²) in [5.41, 5.74) is -0.283. The quantitative estimate of drug-likeness (QED) is 0.331. The molecule has 0 aliphatic carbocycles. The summed E-state index contributed by atoms with van der Waals surface area (Å²) in [7, 11) is 1.62. The zero-order valence-electron chi connectivity index (χ0n) is 17.0.